The summed E-state index contributed by atoms with van der Waals surface area (Å²) in [5, 5.41) is 0. The van der Waals surface area contributed by atoms with Gasteiger partial charge in [-0.2, -0.15) is 0 Å². The van der Waals surface area contributed by atoms with Gasteiger partial charge in [0, 0.05) is 6.08 Å². The predicted octanol–water partition coefficient (Wildman–Crippen LogP) is 4.30. The fourth-order valence-corrected chi connectivity index (χ4v) is 3.50. The zero-order valence-corrected chi connectivity index (χ0v) is 13.3. The Balaban J connectivity index is 1.98. The second-order valence-corrected chi connectivity index (χ2v) is 6.50. The molecule has 0 bridgehead atoms. The van der Waals surface area contributed by atoms with Gasteiger partial charge in [-0.05, 0) is 37.6 Å². The third-order valence-corrected chi connectivity index (χ3v) is 4.51. The predicted molar refractivity (Wildman–Crippen MR) is 90.3 cm³/mol. The lowest BCUT2D eigenvalue weighted by molar-refractivity contribution is -0.113. The van der Waals surface area contributed by atoms with Gasteiger partial charge in [-0.15, -0.1) is 0 Å². The SMILES string of the molecule is Cc1ccc(N2C(=O)/C(=C/c3ccco3)SC2=S)c(C)c1. The molecule has 21 heavy (non-hydrogen) atoms. The van der Waals surface area contributed by atoms with Crippen LogP contribution in [0, 0.1) is 13.8 Å². The summed E-state index contributed by atoms with van der Waals surface area (Å²) in [6, 6.07) is 9.56. The average Bonchev–Trinajstić information content (AvgIpc) is 3.02. The molecular formula is C16H13NO2S2. The molecule has 1 aliphatic heterocycles. The molecule has 1 fully saturated rings. The maximum absolute atomic E-state index is 12.6. The molecule has 2 aromatic rings. The zero-order chi connectivity index (χ0) is 15.0. The van der Waals surface area contributed by atoms with Crippen LogP contribution in [-0.4, -0.2) is 10.2 Å². The van der Waals surface area contributed by atoms with E-state index in [1.807, 2.05) is 38.1 Å². The van der Waals surface area contributed by atoms with Gasteiger partial charge in [-0.3, -0.25) is 9.69 Å². The summed E-state index contributed by atoms with van der Waals surface area (Å²) < 4.78 is 5.80. The lowest BCUT2D eigenvalue weighted by atomic mass is 10.1. The highest BCUT2D eigenvalue weighted by atomic mass is 32.2. The molecule has 3 nitrogen and oxygen atoms in total. The van der Waals surface area contributed by atoms with Crippen molar-refractivity contribution in [2.45, 2.75) is 13.8 Å². The van der Waals surface area contributed by atoms with Crippen LogP contribution < -0.4 is 4.90 Å². The third kappa shape index (κ3) is 2.66. The van der Waals surface area contributed by atoms with Gasteiger partial charge in [0.2, 0.25) is 0 Å². The van der Waals surface area contributed by atoms with Crippen molar-refractivity contribution in [2.75, 3.05) is 4.90 Å². The first-order valence-corrected chi connectivity index (χ1v) is 7.67. The van der Waals surface area contributed by atoms with E-state index in [1.165, 1.54) is 11.8 Å². The van der Waals surface area contributed by atoms with Gasteiger partial charge in [0.15, 0.2) is 4.32 Å². The molecule has 1 amide bonds. The highest BCUT2D eigenvalue weighted by Gasteiger charge is 2.34. The fraction of sp³-hybridized carbons (Fsp3) is 0.125. The maximum atomic E-state index is 12.6. The zero-order valence-electron chi connectivity index (χ0n) is 11.6. The van der Waals surface area contributed by atoms with Gasteiger partial charge in [0.1, 0.15) is 5.76 Å². The van der Waals surface area contributed by atoms with E-state index in [4.69, 9.17) is 16.6 Å². The van der Waals surface area contributed by atoms with Crippen molar-refractivity contribution in [1.29, 1.82) is 0 Å². The van der Waals surface area contributed by atoms with Gasteiger partial charge in [-0.25, -0.2) is 0 Å². The Labute approximate surface area is 132 Å². The Hall–Kier alpha value is -1.85. The van der Waals surface area contributed by atoms with Crippen LogP contribution in [0.15, 0.2) is 45.9 Å². The highest BCUT2D eigenvalue weighted by molar-refractivity contribution is 8.27. The van der Waals surface area contributed by atoms with Gasteiger partial charge >= 0.3 is 0 Å². The summed E-state index contributed by atoms with van der Waals surface area (Å²) >= 11 is 6.66. The minimum absolute atomic E-state index is 0.103. The Bertz CT molecular complexity index is 748. The van der Waals surface area contributed by atoms with Crippen LogP contribution in [0.2, 0.25) is 0 Å². The molecule has 1 aliphatic rings. The summed E-state index contributed by atoms with van der Waals surface area (Å²) in [6.07, 6.45) is 3.31. The molecule has 0 spiro atoms. The third-order valence-electron chi connectivity index (χ3n) is 3.20. The Morgan fingerprint density at radius 3 is 2.76 bits per heavy atom. The number of furan rings is 1. The number of rotatable bonds is 2. The number of hydrogen-bond acceptors (Lipinski definition) is 4. The standard InChI is InChI=1S/C16H13NO2S2/c1-10-5-6-13(11(2)8-10)17-15(18)14(21-16(17)20)9-12-4-3-7-19-12/h3-9H,1-2H3/b14-9-. The van der Waals surface area contributed by atoms with E-state index in [0.29, 0.717) is 15.0 Å². The van der Waals surface area contributed by atoms with E-state index in [2.05, 4.69) is 0 Å². The van der Waals surface area contributed by atoms with Crippen molar-refractivity contribution >= 4 is 46.0 Å². The van der Waals surface area contributed by atoms with Crippen molar-refractivity contribution in [3.63, 3.8) is 0 Å². The van der Waals surface area contributed by atoms with Gasteiger partial charge in [0.05, 0.1) is 16.9 Å². The van der Waals surface area contributed by atoms with Crippen molar-refractivity contribution in [3.05, 3.63) is 58.4 Å². The number of thioether (sulfide) groups is 1. The first kappa shape index (κ1) is 14.1. The molecule has 2 heterocycles. The Kier molecular flexibility index (Phi) is 3.69. The molecule has 1 aromatic carbocycles. The van der Waals surface area contributed by atoms with Gasteiger partial charge in [-0.1, -0.05) is 41.7 Å². The van der Waals surface area contributed by atoms with Crippen molar-refractivity contribution in [1.82, 2.24) is 0 Å². The van der Waals surface area contributed by atoms with E-state index >= 15 is 0 Å². The number of anilines is 1. The number of thiocarbonyl (C=S) groups is 1. The molecule has 3 rings (SSSR count). The first-order chi connectivity index (χ1) is 10.1. The summed E-state index contributed by atoms with van der Waals surface area (Å²) in [4.78, 5) is 14.8. The van der Waals surface area contributed by atoms with Crippen LogP contribution >= 0.6 is 24.0 Å². The van der Waals surface area contributed by atoms with Crippen LogP contribution in [0.4, 0.5) is 5.69 Å². The summed E-state index contributed by atoms with van der Waals surface area (Å²) in [6.45, 7) is 4.01. The number of hydrogen-bond donors (Lipinski definition) is 0. The molecule has 0 atom stereocenters. The fourth-order valence-electron chi connectivity index (χ4n) is 2.23. The first-order valence-electron chi connectivity index (χ1n) is 6.45. The lowest BCUT2D eigenvalue weighted by Gasteiger charge is -2.17. The average molecular weight is 315 g/mol. The molecule has 0 N–H and O–H groups in total. The number of aryl methyl sites for hydroxylation is 2. The van der Waals surface area contributed by atoms with Crippen LogP contribution in [-0.2, 0) is 4.79 Å². The van der Waals surface area contributed by atoms with Crippen LogP contribution in [0.3, 0.4) is 0 Å². The van der Waals surface area contributed by atoms with E-state index in [9.17, 15) is 4.79 Å². The molecule has 5 heteroatoms. The van der Waals surface area contributed by atoms with Crippen molar-refractivity contribution in [3.8, 4) is 0 Å². The molecule has 0 aliphatic carbocycles. The minimum atomic E-state index is -0.103. The minimum Gasteiger partial charge on any atom is -0.465 e. The monoisotopic (exact) mass is 315 g/mol. The number of amides is 1. The Morgan fingerprint density at radius 1 is 1.29 bits per heavy atom. The lowest BCUT2D eigenvalue weighted by Crippen LogP contribution is -2.28. The van der Waals surface area contributed by atoms with E-state index in [0.717, 1.165) is 16.8 Å². The largest absolute Gasteiger partial charge is 0.465 e. The van der Waals surface area contributed by atoms with Crippen LogP contribution in [0.5, 0.6) is 0 Å². The van der Waals surface area contributed by atoms with Gasteiger partial charge in [0.25, 0.3) is 5.91 Å². The topological polar surface area (TPSA) is 33.5 Å². The molecule has 1 aromatic heterocycles. The smallest absolute Gasteiger partial charge is 0.270 e. The van der Waals surface area contributed by atoms with E-state index < -0.39 is 0 Å². The quantitative estimate of drug-likeness (QED) is 0.611. The summed E-state index contributed by atoms with van der Waals surface area (Å²) in [7, 11) is 0. The summed E-state index contributed by atoms with van der Waals surface area (Å²) in [5.41, 5.74) is 3.03. The molecule has 0 saturated carbocycles. The molecule has 106 valence electrons. The van der Waals surface area contributed by atoms with Crippen LogP contribution in [0.25, 0.3) is 6.08 Å². The molecule has 1 saturated heterocycles. The van der Waals surface area contributed by atoms with Crippen LogP contribution in [0.1, 0.15) is 16.9 Å². The van der Waals surface area contributed by atoms with E-state index in [-0.39, 0.29) is 5.91 Å². The molecule has 0 unspecified atom stereocenters. The van der Waals surface area contributed by atoms with E-state index in [1.54, 1.807) is 23.3 Å². The highest BCUT2D eigenvalue weighted by Crippen LogP contribution is 2.37. The normalized spacial score (nSPS) is 17.0. The van der Waals surface area contributed by atoms with Crippen molar-refractivity contribution in [2.24, 2.45) is 0 Å². The molecule has 0 radical (unpaired) electrons. The number of carbonyl (C=O) groups is 1. The maximum Gasteiger partial charge on any atom is 0.270 e. The number of benzene rings is 1. The summed E-state index contributed by atoms with van der Waals surface area (Å²) in [5.74, 6) is 0.546. The second kappa shape index (κ2) is 5.50. The Morgan fingerprint density at radius 2 is 2.10 bits per heavy atom. The number of nitrogens with zero attached hydrogens (tertiary/aromatic N) is 1. The second-order valence-electron chi connectivity index (χ2n) is 4.82. The van der Waals surface area contributed by atoms with Gasteiger partial charge < -0.3 is 4.42 Å². The van der Waals surface area contributed by atoms with Crippen molar-refractivity contribution < 1.29 is 9.21 Å². The number of carbonyl (C=O) groups excluding carboxylic acids is 1. The molecular weight excluding hydrogens is 302 g/mol.